The summed E-state index contributed by atoms with van der Waals surface area (Å²) < 4.78 is 4.51. The van der Waals surface area contributed by atoms with Crippen LogP contribution in [0.25, 0.3) is 0 Å². The summed E-state index contributed by atoms with van der Waals surface area (Å²) in [4.78, 5) is 18.6. The third-order valence-corrected chi connectivity index (χ3v) is 2.46. The number of unbranched alkanes of at least 4 members (excludes halogenated alkanes) is 1. The van der Waals surface area contributed by atoms with Gasteiger partial charge < -0.3 is 49.0 Å². The maximum absolute atomic E-state index is 9.55. The number of carboxylic acid groups (broad SMARTS) is 1. The fraction of sp³-hybridized carbons (Fsp3) is 0.714. The molecular weight excluding hydrogens is 935 g/mol. The van der Waals surface area contributed by atoms with E-state index in [2.05, 4.69) is 87.5 Å². The van der Waals surface area contributed by atoms with Crippen LogP contribution in [0.15, 0.2) is 0 Å². The fourth-order valence-corrected chi connectivity index (χ4v) is 0.191. The molecule has 0 heterocycles. The summed E-state index contributed by atoms with van der Waals surface area (Å²) in [6.45, 7) is 15.6. The second-order valence-electron chi connectivity index (χ2n) is 4.82. The molecule has 6 nitrogen and oxygen atoms in total. The standard InChI is InChI=1S/C5H10O2.C4H11N.C4H9.C3H7S.C2H4O2.CH5N.2CH3.I3.2Y/c1-3-5(2)7-4-6;1-3-4(2)5;1-3-4-2;1-2-3-4;1-2(3)4;1-2;;;1-3-2;;/h4-5H,3H2,1-2H3;4H,3,5H2,1-2H3;3H,4H2,1-2H3;2,4H,3H2,1H3;1H3,(H,3,4);2H2,1H3;2*1H3;;;/q;;2*-1;;;3*-1;;. The van der Waals surface area contributed by atoms with Gasteiger partial charge in [-0.15, -0.1) is 5.75 Å². The Hall–Kier alpha value is 3.61. The first kappa shape index (κ1) is 70.8. The molecule has 0 rings (SSSR count). The summed E-state index contributed by atoms with van der Waals surface area (Å²) in [5.41, 5.74) is 9.79. The molecule has 0 bridgehead atoms. The Labute approximate surface area is 294 Å². The fourth-order valence-electron chi connectivity index (χ4n) is 0.191. The van der Waals surface area contributed by atoms with Crippen LogP contribution in [-0.4, -0.2) is 42.5 Å². The largest absolute Gasteiger partial charge is 0.358 e. The summed E-state index contributed by atoms with van der Waals surface area (Å²) in [6.07, 6.45) is 7.36. The van der Waals surface area contributed by atoms with E-state index in [0.29, 0.717) is 25.8 Å². The van der Waals surface area contributed by atoms with Crippen LogP contribution in [-0.2, 0) is 79.7 Å². The van der Waals surface area contributed by atoms with Crippen LogP contribution in [0.3, 0.4) is 0 Å². The molecule has 2 unspecified atom stereocenters. The van der Waals surface area contributed by atoms with Gasteiger partial charge in [-0.05, 0) is 33.7 Å². The van der Waals surface area contributed by atoms with Crippen molar-refractivity contribution >= 4 is 62.3 Å². The average Bonchev–Trinajstić information content (AvgIpc) is 2.70. The summed E-state index contributed by atoms with van der Waals surface area (Å²) in [7, 11) is 1.50. The van der Waals surface area contributed by atoms with E-state index in [9.17, 15) is 4.79 Å². The van der Waals surface area contributed by atoms with Gasteiger partial charge in [0.15, 0.2) is 0 Å². The Bertz CT molecular complexity index is 246. The molecule has 0 amide bonds. The summed E-state index contributed by atoms with van der Waals surface area (Å²) >= 11 is 9.16. The maximum atomic E-state index is 9.55. The smallest absolute Gasteiger partial charge is 0 e. The van der Waals surface area contributed by atoms with E-state index in [1.165, 1.54) is 13.5 Å². The van der Waals surface area contributed by atoms with Crippen LogP contribution < -0.4 is 24.7 Å². The van der Waals surface area contributed by atoms with Crippen LogP contribution in [0.4, 0.5) is 0 Å². The molecule has 0 aromatic heterocycles. The van der Waals surface area contributed by atoms with Gasteiger partial charge in [-0.1, -0.05) is 20.8 Å². The van der Waals surface area contributed by atoms with Gasteiger partial charge in [0, 0.05) is 78.4 Å². The molecule has 0 saturated heterocycles. The second-order valence-corrected chi connectivity index (χ2v) is 21.4. The minimum atomic E-state index is -0.833. The minimum Gasteiger partial charge on any atom is -0.358 e. The van der Waals surface area contributed by atoms with Crippen LogP contribution in [0.1, 0.15) is 74.7 Å². The zero-order valence-corrected chi connectivity index (χ0v) is 35.8. The van der Waals surface area contributed by atoms with E-state index in [1.54, 1.807) is 0 Å². The van der Waals surface area contributed by atoms with Crippen molar-refractivity contribution in [2.45, 2.75) is 86.8 Å². The number of thiol groups is 1. The minimum absolute atomic E-state index is 0. The van der Waals surface area contributed by atoms with Gasteiger partial charge in [-0.3, -0.25) is 9.59 Å². The van der Waals surface area contributed by atoms with E-state index >= 15 is 0 Å². The maximum Gasteiger partial charge on any atom is 0 e. The molecule has 0 aromatic rings. The zero-order valence-electron chi connectivity index (χ0n) is 22.8. The third kappa shape index (κ3) is 253. The molecule has 0 aliphatic carbocycles. The normalized spacial score (nSPS) is 8.42. The molecule has 0 saturated carbocycles. The Balaban J connectivity index is -0.0000000191. The Kier molecular flexibility index (Phi) is 196. The second kappa shape index (κ2) is 91.3. The van der Waals surface area contributed by atoms with Gasteiger partial charge >= 0.3 is 50.5 Å². The summed E-state index contributed by atoms with van der Waals surface area (Å²) in [6, 6.07) is 0.384. The van der Waals surface area contributed by atoms with Gasteiger partial charge in [0.1, 0.15) is 0 Å². The Morgan fingerprint density at radius 2 is 1.30 bits per heavy atom. The SMILES string of the molecule is CC(=O)O.CCC(C)N.CCC(C)OC=O.CN.C[CH-]CC.C[CH-]CS.I[I-]I.[CH3-].[CH3-].[Y].[Y]. The predicted octanol–water partition coefficient (Wildman–Crippen LogP) is 3.80. The van der Waals surface area contributed by atoms with Crippen molar-refractivity contribution in [2.75, 3.05) is 12.8 Å². The summed E-state index contributed by atoms with van der Waals surface area (Å²) in [5, 5.41) is 7.42. The van der Waals surface area contributed by atoms with Crippen LogP contribution in [0, 0.1) is 27.7 Å². The van der Waals surface area contributed by atoms with Crippen molar-refractivity contribution in [3.8, 4) is 0 Å². The molecule has 5 N–H and O–H groups in total. The number of carbonyl (C=O) groups excluding carboxylic acids is 1. The molecule has 0 aliphatic heterocycles. The predicted molar refractivity (Wildman–Crippen MR) is 159 cm³/mol. The van der Waals surface area contributed by atoms with Gasteiger partial charge in [-0.25, -0.2) is 12.6 Å². The van der Waals surface area contributed by atoms with Crippen molar-refractivity contribution in [1.82, 2.24) is 0 Å². The van der Waals surface area contributed by atoms with Gasteiger partial charge in [0.05, 0.1) is 6.10 Å². The van der Waals surface area contributed by atoms with E-state index in [1.807, 2.05) is 34.1 Å². The topological polar surface area (TPSA) is 116 Å². The molecular formula is C21H52I3N2O4SY2-5. The molecule has 0 spiro atoms. The number of hydrogen-bond donors (Lipinski definition) is 4. The number of carboxylic acids is 1. The first-order valence-corrected chi connectivity index (χ1v) is 22.4. The van der Waals surface area contributed by atoms with Crippen LogP contribution in [0.2, 0.25) is 0 Å². The van der Waals surface area contributed by atoms with Crippen LogP contribution in [0.5, 0.6) is 0 Å². The molecule has 12 heteroatoms. The number of carbonyl (C=O) groups is 2. The van der Waals surface area contributed by atoms with Gasteiger partial charge in [-0.2, -0.15) is 20.3 Å². The van der Waals surface area contributed by atoms with Crippen molar-refractivity contribution in [1.29, 1.82) is 0 Å². The number of rotatable bonds is 6. The molecule has 33 heavy (non-hydrogen) atoms. The molecule has 2 radical (unpaired) electrons. The summed E-state index contributed by atoms with van der Waals surface area (Å²) in [5.74, 6) is 0.0556. The number of ether oxygens (including phenoxy) is 1. The number of aliphatic carboxylic acids is 1. The van der Waals surface area contributed by atoms with Crippen LogP contribution >= 0.6 is 49.9 Å². The van der Waals surface area contributed by atoms with E-state index in [0.717, 1.165) is 25.5 Å². The quantitative estimate of drug-likeness (QED) is 0.140. The van der Waals surface area contributed by atoms with Crippen molar-refractivity contribution in [3.63, 3.8) is 0 Å². The Morgan fingerprint density at radius 3 is 1.33 bits per heavy atom. The van der Waals surface area contributed by atoms with E-state index in [-0.39, 0.29) is 86.4 Å². The Morgan fingerprint density at radius 1 is 1.09 bits per heavy atom. The monoisotopic (exact) mass is 987 g/mol. The third-order valence-electron chi connectivity index (χ3n) is 2.10. The van der Waals surface area contributed by atoms with Gasteiger partial charge in [0.25, 0.3) is 12.4 Å². The van der Waals surface area contributed by atoms with Crippen molar-refractivity contribution in [2.24, 2.45) is 11.5 Å². The first-order chi connectivity index (χ1) is 13.6. The van der Waals surface area contributed by atoms with Crippen molar-refractivity contribution in [3.05, 3.63) is 27.7 Å². The number of halogens is 3. The number of hydrogen-bond acceptors (Lipinski definition) is 6. The molecule has 208 valence electrons. The van der Waals surface area contributed by atoms with E-state index < -0.39 is 5.97 Å². The number of nitrogens with two attached hydrogens (primary N) is 2. The van der Waals surface area contributed by atoms with Gasteiger partial charge in [0.2, 0.25) is 0 Å². The molecule has 2 atom stereocenters. The molecule has 0 aliphatic rings. The molecule has 0 fully saturated rings. The average molecular weight is 987 g/mol. The zero-order chi connectivity index (χ0) is 25.1. The first-order valence-electron chi connectivity index (χ1n) is 9.21. The van der Waals surface area contributed by atoms with Crippen molar-refractivity contribution < 1.29 is 98.1 Å². The molecule has 0 aromatic carbocycles. The van der Waals surface area contributed by atoms with E-state index in [4.69, 9.17) is 15.6 Å².